The molecular formula is C22H24F4N4O2S. The van der Waals surface area contributed by atoms with Crippen LogP contribution in [-0.4, -0.2) is 62.0 Å². The monoisotopic (exact) mass is 484 g/mol. The molecule has 0 spiro atoms. The van der Waals surface area contributed by atoms with Crippen molar-refractivity contribution in [1.29, 1.82) is 0 Å². The summed E-state index contributed by atoms with van der Waals surface area (Å²) in [6.07, 6.45) is -1.43. The third-order valence-corrected chi connectivity index (χ3v) is 8.14. The molecule has 1 aromatic heterocycles. The number of hydrogen-bond donors (Lipinski definition) is 0. The number of carbonyl (C=O) groups is 1. The van der Waals surface area contributed by atoms with Crippen molar-refractivity contribution in [3.63, 3.8) is 0 Å². The average Bonchev–Trinajstić information content (AvgIpc) is 2.78. The van der Waals surface area contributed by atoms with Gasteiger partial charge in [-0.05, 0) is 45.9 Å². The van der Waals surface area contributed by atoms with Crippen LogP contribution in [0.4, 0.5) is 23.2 Å². The molecule has 0 radical (unpaired) electrons. The molecule has 178 valence electrons. The van der Waals surface area contributed by atoms with Crippen molar-refractivity contribution in [1.82, 2.24) is 14.9 Å². The number of amides is 1. The van der Waals surface area contributed by atoms with Crippen LogP contribution in [0.25, 0.3) is 0 Å². The van der Waals surface area contributed by atoms with Crippen molar-refractivity contribution in [2.24, 2.45) is 5.92 Å². The summed E-state index contributed by atoms with van der Waals surface area (Å²) >= 11 is 0. The van der Waals surface area contributed by atoms with E-state index in [9.17, 15) is 26.6 Å². The van der Waals surface area contributed by atoms with E-state index in [-0.39, 0.29) is 18.4 Å². The van der Waals surface area contributed by atoms with Crippen molar-refractivity contribution in [2.45, 2.75) is 25.1 Å². The Morgan fingerprint density at radius 2 is 1.79 bits per heavy atom. The van der Waals surface area contributed by atoms with Crippen molar-refractivity contribution >= 4 is 27.0 Å². The second kappa shape index (κ2) is 8.92. The summed E-state index contributed by atoms with van der Waals surface area (Å²) in [6, 6.07) is 5.46. The number of hydrogen-bond acceptors (Lipinski definition) is 5. The molecule has 11 heteroatoms. The maximum Gasteiger partial charge on any atom is 0.451 e. The minimum Gasteiger partial charge on any atom is -0.365 e. The van der Waals surface area contributed by atoms with Crippen molar-refractivity contribution in [2.75, 3.05) is 36.0 Å². The van der Waals surface area contributed by atoms with Gasteiger partial charge in [-0.1, -0.05) is 12.1 Å². The maximum atomic E-state index is 14.0. The normalized spacial score (nSPS) is 26.3. The SMILES string of the molecule is C=S1(=O)CCC(C(=O)N2CCN(c3cnc(C(F)(F)F)nc3)CC2c2cccc(F)c2)CC1. The Bertz CT molecular complexity index is 1110. The first-order valence-electron chi connectivity index (χ1n) is 10.6. The predicted octanol–water partition coefficient (Wildman–Crippen LogP) is 3.15. The third kappa shape index (κ3) is 5.29. The highest BCUT2D eigenvalue weighted by atomic mass is 32.2. The Kier molecular flexibility index (Phi) is 6.35. The van der Waals surface area contributed by atoms with Gasteiger partial charge in [0.1, 0.15) is 5.82 Å². The first kappa shape index (κ1) is 23.5. The molecular weight excluding hydrogens is 460 g/mol. The van der Waals surface area contributed by atoms with E-state index in [1.54, 1.807) is 21.9 Å². The summed E-state index contributed by atoms with van der Waals surface area (Å²) in [6.45, 7) is 0.922. The summed E-state index contributed by atoms with van der Waals surface area (Å²) < 4.78 is 64.6. The van der Waals surface area contributed by atoms with Gasteiger partial charge in [-0.3, -0.25) is 9.00 Å². The average molecular weight is 485 g/mol. The van der Waals surface area contributed by atoms with Crippen LogP contribution in [0.5, 0.6) is 0 Å². The van der Waals surface area contributed by atoms with Crippen LogP contribution >= 0.6 is 0 Å². The molecule has 1 atom stereocenters. The zero-order valence-corrected chi connectivity index (χ0v) is 18.6. The number of carbonyl (C=O) groups excluding carboxylic acids is 1. The van der Waals surface area contributed by atoms with Crippen molar-refractivity contribution in [3.8, 4) is 0 Å². The molecule has 2 aliphatic rings. The van der Waals surface area contributed by atoms with E-state index in [2.05, 4.69) is 15.8 Å². The second-order valence-corrected chi connectivity index (χ2v) is 11.2. The second-order valence-electron chi connectivity index (χ2n) is 8.46. The number of alkyl halides is 3. The van der Waals surface area contributed by atoms with E-state index < -0.39 is 33.4 Å². The Labute approximate surface area is 189 Å². The number of anilines is 1. The number of piperazine rings is 1. The molecule has 2 fully saturated rings. The zero-order chi connectivity index (χ0) is 23.8. The van der Waals surface area contributed by atoms with E-state index in [0.29, 0.717) is 48.7 Å². The first-order valence-corrected chi connectivity index (χ1v) is 12.6. The predicted molar refractivity (Wildman–Crippen MR) is 118 cm³/mol. The summed E-state index contributed by atoms with van der Waals surface area (Å²) in [7, 11) is -2.13. The molecule has 0 saturated carbocycles. The molecule has 1 unspecified atom stereocenters. The molecule has 0 N–H and O–H groups in total. The molecule has 3 heterocycles. The maximum absolute atomic E-state index is 14.0. The van der Waals surface area contributed by atoms with Crippen LogP contribution < -0.4 is 4.90 Å². The standard InChI is InChI=1S/C22H24F4N4O2S/c1-33(32)9-5-15(6-10-33)20(31)30-8-7-29(14-19(30)16-3-2-4-17(23)11-16)18-12-27-21(28-13-18)22(24,25)26/h2-4,11-13,15,19H,1,5-10,14H2. The summed E-state index contributed by atoms with van der Waals surface area (Å²) in [5, 5.41) is 0. The highest BCUT2D eigenvalue weighted by Gasteiger charge is 2.38. The van der Waals surface area contributed by atoms with Crippen molar-refractivity contribution < 1.29 is 26.6 Å². The van der Waals surface area contributed by atoms with E-state index in [1.165, 1.54) is 12.1 Å². The molecule has 4 rings (SSSR count). The van der Waals surface area contributed by atoms with Gasteiger partial charge in [0.2, 0.25) is 11.7 Å². The molecule has 6 nitrogen and oxygen atoms in total. The van der Waals surface area contributed by atoms with Crippen LogP contribution in [0.1, 0.15) is 30.3 Å². The molecule has 1 aromatic carbocycles. The highest BCUT2D eigenvalue weighted by Crippen LogP contribution is 2.33. The zero-order valence-electron chi connectivity index (χ0n) is 17.8. The highest BCUT2D eigenvalue weighted by molar-refractivity contribution is 8.00. The van der Waals surface area contributed by atoms with Crippen LogP contribution in [0, 0.1) is 11.7 Å². The Balaban J connectivity index is 1.58. The lowest BCUT2D eigenvalue weighted by Crippen LogP contribution is -2.53. The number of halogens is 4. The number of rotatable bonds is 3. The smallest absolute Gasteiger partial charge is 0.365 e. The molecule has 33 heavy (non-hydrogen) atoms. The quantitative estimate of drug-likeness (QED) is 0.495. The number of aromatic nitrogens is 2. The van der Waals surface area contributed by atoms with Gasteiger partial charge in [0.15, 0.2) is 0 Å². The van der Waals surface area contributed by atoms with E-state index >= 15 is 0 Å². The lowest BCUT2D eigenvalue weighted by atomic mass is 9.96. The molecule has 1 amide bonds. The molecule has 0 aliphatic carbocycles. The Hall–Kier alpha value is -2.69. The molecule has 2 aliphatic heterocycles. The summed E-state index contributed by atoms with van der Waals surface area (Å²) in [4.78, 5) is 23.7. The van der Waals surface area contributed by atoms with Crippen LogP contribution in [0.15, 0.2) is 36.7 Å². The van der Waals surface area contributed by atoms with Gasteiger partial charge in [-0.25, -0.2) is 14.4 Å². The van der Waals surface area contributed by atoms with Gasteiger partial charge in [0.25, 0.3) is 0 Å². The van der Waals surface area contributed by atoms with Crippen LogP contribution in [0.3, 0.4) is 0 Å². The topological polar surface area (TPSA) is 66.4 Å². The third-order valence-electron chi connectivity index (χ3n) is 6.18. The minimum atomic E-state index is -4.63. The minimum absolute atomic E-state index is 0.0810. The van der Waals surface area contributed by atoms with E-state index in [0.717, 1.165) is 12.4 Å². The van der Waals surface area contributed by atoms with E-state index in [4.69, 9.17) is 0 Å². The summed E-state index contributed by atoms with van der Waals surface area (Å²) in [5.74, 6) is 2.52. The van der Waals surface area contributed by atoms with Crippen LogP contribution in [0.2, 0.25) is 0 Å². The van der Waals surface area contributed by atoms with Gasteiger partial charge in [0, 0.05) is 37.1 Å². The van der Waals surface area contributed by atoms with Gasteiger partial charge in [-0.2, -0.15) is 13.2 Å². The fraction of sp³-hybridized carbons (Fsp3) is 0.455. The van der Waals surface area contributed by atoms with Gasteiger partial charge in [0.05, 0.1) is 24.1 Å². The van der Waals surface area contributed by atoms with Crippen molar-refractivity contribution in [3.05, 3.63) is 53.9 Å². The lowest BCUT2D eigenvalue weighted by molar-refractivity contribution is -0.145. The molecule has 2 saturated heterocycles. The number of benzene rings is 1. The Morgan fingerprint density at radius 1 is 1.12 bits per heavy atom. The fourth-order valence-corrected chi connectivity index (χ4v) is 5.99. The van der Waals surface area contributed by atoms with E-state index in [1.807, 2.05) is 0 Å². The van der Waals surface area contributed by atoms with Crippen LogP contribution in [-0.2, 0) is 20.5 Å². The lowest BCUT2D eigenvalue weighted by Gasteiger charge is -2.44. The number of nitrogens with zero attached hydrogens (tertiary/aromatic N) is 4. The first-order chi connectivity index (χ1) is 15.5. The largest absolute Gasteiger partial charge is 0.451 e. The van der Waals surface area contributed by atoms with Gasteiger partial charge in [-0.15, -0.1) is 0 Å². The van der Waals surface area contributed by atoms with Gasteiger partial charge < -0.3 is 9.80 Å². The molecule has 0 bridgehead atoms. The Morgan fingerprint density at radius 3 is 2.39 bits per heavy atom. The fourth-order valence-electron chi connectivity index (χ4n) is 4.35. The molecule has 2 aromatic rings. The van der Waals surface area contributed by atoms with Gasteiger partial charge >= 0.3 is 6.18 Å². The summed E-state index contributed by atoms with van der Waals surface area (Å²) in [5.41, 5.74) is 0.989.